The molecule has 7 nitrogen and oxygen atoms in total. The lowest BCUT2D eigenvalue weighted by molar-refractivity contribution is -0.136. The maximum absolute atomic E-state index is 12.7. The second-order valence-corrected chi connectivity index (χ2v) is 6.65. The molecule has 0 aliphatic carbocycles. The Hall–Kier alpha value is -2.57. The monoisotopic (exact) mass is 358 g/mol. The van der Waals surface area contributed by atoms with E-state index in [1.807, 2.05) is 38.1 Å². The molecule has 2 amide bonds. The summed E-state index contributed by atoms with van der Waals surface area (Å²) in [6.07, 6.45) is 1.34. The van der Waals surface area contributed by atoms with Crippen LogP contribution in [0.25, 0.3) is 11.0 Å². The van der Waals surface area contributed by atoms with Crippen molar-refractivity contribution in [3.63, 3.8) is 0 Å². The Morgan fingerprint density at radius 1 is 1.08 bits per heavy atom. The van der Waals surface area contributed by atoms with Gasteiger partial charge in [0.05, 0.1) is 11.0 Å². The highest BCUT2D eigenvalue weighted by atomic mass is 16.2. The first-order valence-electron chi connectivity index (χ1n) is 9.30. The number of rotatable bonds is 5. The van der Waals surface area contributed by atoms with Crippen LogP contribution < -0.4 is 11.0 Å². The second-order valence-electron chi connectivity index (χ2n) is 6.65. The number of likely N-dealkylation sites (tertiary alicyclic amines) is 1. The summed E-state index contributed by atoms with van der Waals surface area (Å²) in [5.41, 5.74) is 1.48. The molecule has 1 aliphatic heterocycles. The third-order valence-corrected chi connectivity index (χ3v) is 5.10. The van der Waals surface area contributed by atoms with Crippen LogP contribution in [0.5, 0.6) is 0 Å². The number of benzene rings is 1. The van der Waals surface area contributed by atoms with Gasteiger partial charge in [0.15, 0.2) is 0 Å². The fourth-order valence-corrected chi connectivity index (χ4v) is 3.68. The highest BCUT2D eigenvalue weighted by molar-refractivity contribution is 5.82. The lowest BCUT2D eigenvalue weighted by Gasteiger charge is -2.31. The predicted octanol–water partition coefficient (Wildman–Crippen LogP) is 1.20. The molecule has 2 aromatic rings. The molecule has 0 atom stereocenters. The quantitative estimate of drug-likeness (QED) is 0.872. The molecule has 1 aromatic heterocycles. The summed E-state index contributed by atoms with van der Waals surface area (Å²) >= 11 is 0. The molecule has 2 heterocycles. The summed E-state index contributed by atoms with van der Waals surface area (Å²) in [6.45, 7) is 6.18. The number of nitrogens with one attached hydrogen (secondary N) is 1. The number of fused-ring (bicyclic) bond motifs is 1. The van der Waals surface area contributed by atoms with E-state index in [9.17, 15) is 14.4 Å². The average Bonchev–Trinajstić information content (AvgIpc) is 2.93. The predicted molar refractivity (Wildman–Crippen MR) is 99.9 cm³/mol. The first-order valence-corrected chi connectivity index (χ1v) is 9.30. The molecular weight excluding hydrogens is 332 g/mol. The third-order valence-electron chi connectivity index (χ3n) is 5.10. The lowest BCUT2D eigenvalue weighted by Crippen LogP contribution is -2.44. The zero-order valence-electron chi connectivity index (χ0n) is 15.4. The van der Waals surface area contributed by atoms with Gasteiger partial charge in [-0.3, -0.25) is 18.7 Å². The molecule has 140 valence electrons. The molecule has 0 spiro atoms. The van der Waals surface area contributed by atoms with Gasteiger partial charge in [0, 0.05) is 32.1 Å². The number of aromatic nitrogens is 2. The standard InChI is InChI=1S/C19H26N4O3/c1-3-20-18(25)14-9-11-21(12-10-14)17(24)13-23-16-8-6-5-7-15(16)22(4-2)19(23)26/h5-8,14H,3-4,9-13H2,1-2H3,(H,20,25). The Balaban J connectivity index is 1.72. The van der Waals surface area contributed by atoms with Gasteiger partial charge in [-0.2, -0.15) is 0 Å². The minimum absolute atomic E-state index is 0.0243. The molecule has 0 bridgehead atoms. The summed E-state index contributed by atoms with van der Waals surface area (Å²) < 4.78 is 3.24. The molecule has 7 heteroatoms. The first kappa shape index (κ1) is 18.2. The van der Waals surface area contributed by atoms with E-state index in [1.165, 1.54) is 0 Å². The van der Waals surface area contributed by atoms with Gasteiger partial charge >= 0.3 is 5.69 Å². The molecule has 1 N–H and O–H groups in total. The third kappa shape index (κ3) is 3.38. The van der Waals surface area contributed by atoms with Crippen LogP contribution >= 0.6 is 0 Å². The van der Waals surface area contributed by atoms with E-state index in [4.69, 9.17) is 0 Å². The minimum atomic E-state index is -0.153. The van der Waals surface area contributed by atoms with Crippen molar-refractivity contribution in [1.29, 1.82) is 0 Å². The minimum Gasteiger partial charge on any atom is -0.356 e. The lowest BCUT2D eigenvalue weighted by atomic mass is 9.96. The van der Waals surface area contributed by atoms with Crippen molar-refractivity contribution < 1.29 is 9.59 Å². The van der Waals surface area contributed by atoms with Crippen molar-refractivity contribution >= 4 is 22.8 Å². The fourth-order valence-electron chi connectivity index (χ4n) is 3.68. The van der Waals surface area contributed by atoms with Gasteiger partial charge in [0.1, 0.15) is 6.54 Å². The van der Waals surface area contributed by atoms with Crippen LogP contribution in [-0.4, -0.2) is 45.5 Å². The molecule has 1 aliphatic rings. The van der Waals surface area contributed by atoms with Gasteiger partial charge in [-0.05, 0) is 38.8 Å². The van der Waals surface area contributed by atoms with Crippen molar-refractivity contribution in [2.24, 2.45) is 5.92 Å². The molecule has 0 saturated carbocycles. The highest BCUT2D eigenvalue weighted by Crippen LogP contribution is 2.18. The van der Waals surface area contributed by atoms with Crippen LogP contribution in [0.15, 0.2) is 29.1 Å². The molecule has 26 heavy (non-hydrogen) atoms. The summed E-state index contributed by atoms with van der Waals surface area (Å²) in [5, 5.41) is 2.85. The van der Waals surface area contributed by atoms with Crippen LogP contribution in [0.1, 0.15) is 26.7 Å². The normalized spacial score (nSPS) is 15.4. The molecule has 1 aromatic carbocycles. The van der Waals surface area contributed by atoms with Gasteiger partial charge in [0.2, 0.25) is 11.8 Å². The van der Waals surface area contributed by atoms with E-state index in [1.54, 1.807) is 14.0 Å². The highest BCUT2D eigenvalue weighted by Gasteiger charge is 2.27. The topological polar surface area (TPSA) is 76.3 Å². The number of piperidine rings is 1. The van der Waals surface area contributed by atoms with Gasteiger partial charge in [-0.25, -0.2) is 4.79 Å². The van der Waals surface area contributed by atoms with E-state index in [0.717, 1.165) is 11.0 Å². The maximum atomic E-state index is 12.7. The van der Waals surface area contributed by atoms with Crippen molar-refractivity contribution in [2.75, 3.05) is 19.6 Å². The SMILES string of the molecule is CCNC(=O)C1CCN(C(=O)Cn2c(=O)n(CC)c3ccccc32)CC1. The van der Waals surface area contributed by atoms with Gasteiger partial charge in [-0.1, -0.05) is 12.1 Å². The summed E-state index contributed by atoms with van der Waals surface area (Å²) in [5.74, 6) is -0.0222. The largest absolute Gasteiger partial charge is 0.356 e. The number of amides is 2. The molecular formula is C19H26N4O3. The van der Waals surface area contributed by atoms with Crippen molar-refractivity contribution in [1.82, 2.24) is 19.4 Å². The number of carbonyl (C=O) groups is 2. The summed E-state index contributed by atoms with van der Waals surface area (Å²) in [7, 11) is 0. The van der Waals surface area contributed by atoms with Gasteiger partial charge in [-0.15, -0.1) is 0 Å². The molecule has 0 unspecified atom stereocenters. The van der Waals surface area contributed by atoms with E-state index in [2.05, 4.69) is 5.32 Å². The zero-order chi connectivity index (χ0) is 18.7. The average molecular weight is 358 g/mol. The first-order chi connectivity index (χ1) is 12.6. The van der Waals surface area contributed by atoms with Crippen LogP contribution in [0.2, 0.25) is 0 Å². The Kier molecular flexibility index (Phi) is 5.44. The van der Waals surface area contributed by atoms with Crippen molar-refractivity contribution in [2.45, 2.75) is 39.8 Å². The number of imidazole rings is 1. The summed E-state index contributed by atoms with van der Waals surface area (Å²) in [6, 6.07) is 7.54. The smallest absolute Gasteiger partial charge is 0.329 e. The van der Waals surface area contributed by atoms with Crippen LogP contribution in [0.3, 0.4) is 0 Å². The Morgan fingerprint density at radius 2 is 1.69 bits per heavy atom. The number of nitrogens with zero attached hydrogens (tertiary/aromatic N) is 3. The zero-order valence-corrected chi connectivity index (χ0v) is 15.4. The fraction of sp³-hybridized carbons (Fsp3) is 0.526. The molecule has 1 fully saturated rings. The Labute approximate surface area is 152 Å². The second kappa shape index (κ2) is 7.76. The van der Waals surface area contributed by atoms with Crippen LogP contribution in [-0.2, 0) is 22.7 Å². The maximum Gasteiger partial charge on any atom is 0.329 e. The number of carbonyl (C=O) groups excluding carboxylic acids is 2. The van der Waals surface area contributed by atoms with Crippen LogP contribution in [0.4, 0.5) is 0 Å². The number of aryl methyl sites for hydroxylation is 1. The Bertz CT molecular complexity index is 859. The summed E-state index contributed by atoms with van der Waals surface area (Å²) in [4.78, 5) is 39.1. The van der Waals surface area contributed by atoms with Crippen molar-refractivity contribution in [3.05, 3.63) is 34.7 Å². The van der Waals surface area contributed by atoms with E-state index < -0.39 is 0 Å². The molecule has 1 saturated heterocycles. The van der Waals surface area contributed by atoms with Crippen molar-refractivity contribution in [3.8, 4) is 0 Å². The van der Waals surface area contributed by atoms with E-state index in [-0.39, 0.29) is 30.0 Å². The number of hydrogen-bond acceptors (Lipinski definition) is 3. The number of para-hydroxylation sites is 2. The molecule has 0 radical (unpaired) electrons. The number of hydrogen-bond donors (Lipinski definition) is 1. The van der Waals surface area contributed by atoms with Gasteiger partial charge < -0.3 is 10.2 Å². The Morgan fingerprint density at radius 3 is 2.27 bits per heavy atom. The van der Waals surface area contributed by atoms with Crippen LogP contribution in [0, 0.1) is 5.92 Å². The molecule has 3 rings (SSSR count). The van der Waals surface area contributed by atoms with E-state index in [0.29, 0.717) is 39.0 Å². The van der Waals surface area contributed by atoms with Gasteiger partial charge in [0.25, 0.3) is 0 Å². The van der Waals surface area contributed by atoms with E-state index >= 15 is 0 Å².